The van der Waals surface area contributed by atoms with Gasteiger partial charge in [-0.15, -0.1) is 0 Å². The maximum atomic E-state index is 3.11. The van der Waals surface area contributed by atoms with E-state index in [1.807, 2.05) is 0 Å². The van der Waals surface area contributed by atoms with Crippen LogP contribution >= 0.6 is 0 Å². The van der Waals surface area contributed by atoms with Crippen LogP contribution in [0.4, 0.5) is 0 Å². The minimum absolute atomic E-state index is 1.00. The van der Waals surface area contributed by atoms with Gasteiger partial charge in [0.05, 0.1) is 0 Å². The molecule has 5 heavy (non-hydrogen) atoms. The fourth-order valence-electron chi connectivity index (χ4n) is 0.442. The van der Waals surface area contributed by atoms with Gasteiger partial charge in [-0.05, 0) is 0 Å². The van der Waals surface area contributed by atoms with E-state index in [1.54, 1.807) is 0 Å². The van der Waals surface area contributed by atoms with Crippen LogP contribution in [0.3, 0.4) is 0 Å². The van der Waals surface area contributed by atoms with Crippen LogP contribution in [-0.2, 0) is 0 Å². The summed E-state index contributed by atoms with van der Waals surface area (Å²) in [5, 5.41) is 6.22. The molecule has 0 amide bonds. The van der Waals surface area contributed by atoms with E-state index in [4.69, 9.17) is 0 Å². The molecule has 1 saturated heterocycles. The zero-order chi connectivity index (χ0) is 3.54. The molecular weight excluding hydrogens is 60.4 g/mol. The average molecular weight is 65.5 g/mol. The Morgan fingerprint density at radius 1 is 1.00 bits per heavy atom. The van der Waals surface area contributed by atoms with Gasteiger partial charge >= 0.3 is 0 Å². The number of hydrogen-bond acceptors (Lipinski definition) is 2. The van der Waals surface area contributed by atoms with Crippen molar-refractivity contribution in [1.29, 1.82) is 0 Å². The molecule has 0 aliphatic carbocycles. The van der Waals surface area contributed by atoms with E-state index in [1.165, 1.54) is 0 Å². The molecule has 2 N–H and O–H groups in total. The van der Waals surface area contributed by atoms with Crippen molar-refractivity contribution in [2.45, 2.75) is 0 Å². The normalized spacial score (nSPS) is 19.2. The summed E-state index contributed by atoms with van der Waals surface area (Å²) in [5.41, 5.74) is 0. The Morgan fingerprint density at radius 2 is 1.60 bits per heavy atom. The molecule has 0 aromatic carbocycles. The van der Waals surface area contributed by atoms with Gasteiger partial charge in [-0.25, -0.2) is 0 Å². The molecule has 1 rings (SSSR count). The predicted molar refractivity (Wildman–Crippen MR) is 27.7 cm³/mol. The molecule has 1 heterocycles. The third kappa shape index (κ3) is 0.703. The second-order valence-electron chi connectivity index (χ2n) is 1.18. The Labute approximate surface area is 33.5 Å². The molecule has 0 aromatic rings. The first kappa shape index (κ1) is 3.31. The van der Waals surface area contributed by atoms with E-state index < -0.39 is 0 Å². The van der Waals surface area contributed by atoms with E-state index >= 15 is 0 Å². The zero-order valence-electron chi connectivity index (χ0n) is 3.12. The van der Waals surface area contributed by atoms with Crippen molar-refractivity contribution in [1.82, 2.24) is 10.3 Å². The lowest BCUT2D eigenvalue weighted by Gasteiger charge is -1.74. The molecule has 0 radical (unpaired) electrons. The SMILES string of the molecule is B1BNBN1. The van der Waals surface area contributed by atoms with Gasteiger partial charge < -0.3 is 10.3 Å². The molecule has 1 fully saturated rings. The Kier molecular flexibility index (Phi) is 1.01. The Balaban J connectivity index is 2.08. The van der Waals surface area contributed by atoms with E-state index in [0.717, 1.165) is 22.2 Å². The molecular formula is H5B3N2. The van der Waals surface area contributed by atoms with Gasteiger partial charge in [-0.2, -0.15) is 0 Å². The molecule has 0 atom stereocenters. The molecule has 1 aliphatic heterocycles. The van der Waals surface area contributed by atoms with Crippen molar-refractivity contribution >= 4 is 22.2 Å². The standard InChI is InChI=1S/B3H5N2/c1-2-5-3-4-1/h1-5H. The highest BCUT2D eigenvalue weighted by Crippen LogP contribution is 1.50. The molecule has 1 aliphatic rings. The maximum absolute atomic E-state index is 3.11. The Bertz CT molecular complexity index is 16.5. The molecule has 24 valence electrons. The van der Waals surface area contributed by atoms with Gasteiger partial charge in [0, 0.05) is 0 Å². The summed E-state index contributed by atoms with van der Waals surface area (Å²) in [4.78, 5) is 0. The first-order chi connectivity index (χ1) is 2.50. The summed E-state index contributed by atoms with van der Waals surface area (Å²) < 4.78 is 0. The average Bonchev–Trinajstić information content (AvgIpc) is 1.76. The highest BCUT2D eigenvalue weighted by atomic mass is 14.8. The predicted octanol–water partition coefficient (Wildman–Crippen LogP) is -2.94. The fourth-order valence-corrected chi connectivity index (χ4v) is 0.442. The largest absolute Gasteiger partial charge is 0.396 e. The van der Waals surface area contributed by atoms with E-state index in [0.29, 0.717) is 0 Å². The van der Waals surface area contributed by atoms with Gasteiger partial charge in [0.25, 0.3) is 7.55 Å². The van der Waals surface area contributed by atoms with Gasteiger partial charge in [-0.3, -0.25) is 0 Å². The summed E-state index contributed by atoms with van der Waals surface area (Å²) in [6, 6.07) is 0. The van der Waals surface area contributed by atoms with E-state index in [-0.39, 0.29) is 0 Å². The minimum Gasteiger partial charge on any atom is -0.396 e. The molecule has 0 saturated carbocycles. The van der Waals surface area contributed by atoms with Crippen molar-refractivity contribution in [3.8, 4) is 0 Å². The van der Waals surface area contributed by atoms with Gasteiger partial charge in [0.15, 0.2) is 14.6 Å². The summed E-state index contributed by atoms with van der Waals surface area (Å²) in [7, 11) is 3.28. The molecule has 0 bridgehead atoms. The lowest BCUT2D eigenvalue weighted by molar-refractivity contribution is 1.51. The monoisotopic (exact) mass is 66.1 g/mol. The van der Waals surface area contributed by atoms with Crippen LogP contribution in [0, 0.1) is 0 Å². The second-order valence-corrected chi connectivity index (χ2v) is 1.18. The lowest BCUT2D eigenvalue weighted by atomic mass is 9.59. The van der Waals surface area contributed by atoms with Crippen LogP contribution in [0.1, 0.15) is 0 Å². The van der Waals surface area contributed by atoms with Crippen molar-refractivity contribution in [2.24, 2.45) is 0 Å². The number of hydrogen-bond donors (Lipinski definition) is 2. The summed E-state index contributed by atoms with van der Waals surface area (Å²) in [6.45, 7) is 0. The molecule has 2 nitrogen and oxygen atoms in total. The quantitative estimate of drug-likeness (QED) is 0.295. The smallest absolute Gasteiger partial charge is 0.262 e. The fraction of sp³-hybridized carbons (Fsp3) is 0. The lowest BCUT2D eigenvalue weighted by Crippen LogP contribution is -2.18. The third-order valence-electron chi connectivity index (χ3n) is 0.729. The number of nitrogens with one attached hydrogen (secondary N) is 2. The summed E-state index contributed by atoms with van der Waals surface area (Å²) in [5.74, 6) is 0. The second kappa shape index (κ2) is 1.53. The van der Waals surface area contributed by atoms with Crippen LogP contribution in [0.25, 0.3) is 0 Å². The maximum Gasteiger partial charge on any atom is 0.262 e. The Hall–Kier alpha value is 0.115. The van der Waals surface area contributed by atoms with Crippen LogP contribution in [0.2, 0.25) is 0 Å². The first-order valence-electron chi connectivity index (χ1n) is 1.91. The van der Waals surface area contributed by atoms with Gasteiger partial charge in [-0.1, -0.05) is 0 Å². The highest BCUT2D eigenvalue weighted by Gasteiger charge is 1.99. The van der Waals surface area contributed by atoms with Crippen molar-refractivity contribution in [2.75, 3.05) is 0 Å². The van der Waals surface area contributed by atoms with E-state index in [2.05, 4.69) is 10.3 Å². The Morgan fingerprint density at radius 3 is 1.80 bits per heavy atom. The van der Waals surface area contributed by atoms with Crippen molar-refractivity contribution < 1.29 is 0 Å². The van der Waals surface area contributed by atoms with E-state index in [9.17, 15) is 0 Å². The first-order valence-corrected chi connectivity index (χ1v) is 1.91. The van der Waals surface area contributed by atoms with Crippen LogP contribution in [-0.4, -0.2) is 22.2 Å². The van der Waals surface area contributed by atoms with Crippen LogP contribution < -0.4 is 10.3 Å². The number of rotatable bonds is 0. The zero-order valence-corrected chi connectivity index (χ0v) is 3.12. The van der Waals surface area contributed by atoms with Crippen LogP contribution in [0.5, 0.6) is 0 Å². The van der Waals surface area contributed by atoms with Gasteiger partial charge in [0.1, 0.15) is 0 Å². The topological polar surface area (TPSA) is 24.1 Å². The summed E-state index contributed by atoms with van der Waals surface area (Å²) >= 11 is 0. The molecule has 5 heteroatoms. The summed E-state index contributed by atoms with van der Waals surface area (Å²) in [6.07, 6.45) is 0. The van der Waals surface area contributed by atoms with Crippen molar-refractivity contribution in [3.63, 3.8) is 0 Å². The van der Waals surface area contributed by atoms with Crippen LogP contribution in [0.15, 0.2) is 0 Å². The minimum atomic E-state index is 1.00. The molecule has 0 unspecified atom stereocenters. The third-order valence-corrected chi connectivity index (χ3v) is 0.729. The van der Waals surface area contributed by atoms with Crippen molar-refractivity contribution in [3.05, 3.63) is 0 Å². The molecule has 0 aromatic heterocycles. The molecule has 0 spiro atoms. The highest BCUT2D eigenvalue weighted by molar-refractivity contribution is 7.05. The van der Waals surface area contributed by atoms with Gasteiger partial charge in [0.2, 0.25) is 0 Å².